The van der Waals surface area contributed by atoms with Gasteiger partial charge in [0, 0.05) is 0 Å². The van der Waals surface area contributed by atoms with Crippen molar-refractivity contribution in [2.75, 3.05) is 0 Å². The van der Waals surface area contributed by atoms with Gasteiger partial charge in [0.1, 0.15) is 0 Å². The molecule has 0 spiro atoms. The molecule has 0 nitrogen and oxygen atoms in total. The van der Waals surface area contributed by atoms with Crippen molar-refractivity contribution in [3.8, 4) is 0 Å². The predicted molar refractivity (Wildman–Crippen MR) is 32.6 cm³/mol. The first-order valence-corrected chi connectivity index (χ1v) is 13.1. The summed E-state index contributed by atoms with van der Waals surface area (Å²) >= 11 is -0.875. The Morgan fingerprint density at radius 3 is 2.88 bits per heavy atom. The van der Waals surface area contributed by atoms with Crippen molar-refractivity contribution in [2.24, 2.45) is 0 Å². The Bertz CT molecular complexity index is 90.5. The molecule has 1 aliphatic rings. The average Bonchev–Trinajstić information content (AvgIpc) is 1.90. The van der Waals surface area contributed by atoms with Gasteiger partial charge in [-0.2, -0.15) is 0 Å². The Morgan fingerprint density at radius 1 is 1.62 bits per heavy atom. The number of rotatable bonds is 1. The van der Waals surface area contributed by atoms with E-state index in [-0.39, 0.29) is 0 Å². The van der Waals surface area contributed by atoms with E-state index in [0.717, 1.165) is 3.43 Å². The third kappa shape index (κ3) is 2.06. The van der Waals surface area contributed by atoms with Gasteiger partial charge in [0.25, 0.3) is 0 Å². The van der Waals surface area contributed by atoms with E-state index in [1.54, 1.807) is 0 Å². The van der Waals surface area contributed by atoms with Gasteiger partial charge in [0.05, 0.1) is 0 Å². The monoisotopic (exact) mass is 318 g/mol. The quantitative estimate of drug-likeness (QED) is 0.515. The van der Waals surface area contributed by atoms with Crippen LogP contribution in [-0.2, 0) is 23.3 Å². The summed E-state index contributed by atoms with van der Waals surface area (Å²) in [6.07, 6.45) is 8.69. The molecule has 0 aromatic heterocycles. The number of halogens is 1. The molecule has 0 amide bonds. The molecular weight excluding hydrogens is 308 g/mol. The van der Waals surface area contributed by atoms with Crippen LogP contribution >= 0.6 is 8.25 Å². The second-order valence-corrected chi connectivity index (χ2v) is 10.3. The van der Waals surface area contributed by atoms with Crippen molar-refractivity contribution in [2.45, 2.75) is 22.7 Å². The molecule has 0 aromatic carbocycles. The van der Waals surface area contributed by atoms with Gasteiger partial charge in [-0.1, -0.05) is 0 Å². The molecule has 0 fully saturated rings. The van der Waals surface area contributed by atoms with E-state index >= 15 is 0 Å². The fourth-order valence-electron chi connectivity index (χ4n) is 1.01. The molecule has 1 unspecified atom stereocenters. The van der Waals surface area contributed by atoms with Crippen LogP contribution in [0.5, 0.6) is 0 Å². The standard InChI is InChI=1S/C6H9.ClH.Hg/c1-2-4-6-5-3-1;;/h1-3H,4-6H2;1H;/q;;+1/p-1. The van der Waals surface area contributed by atoms with Crippen molar-refractivity contribution >= 4 is 8.25 Å². The third-order valence-electron chi connectivity index (χ3n) is 1.55. The molecule has 0 saturated carbocycles. The van der Waals surface area contributed by atoms with Crippen molar-refractivity contribution in [3.63, 3.8) is 0 Å². The Kier molecular flexibility index (Phi) is 3.44. The van der Waals surface area contributed by atoms with Crippen molar-refractivity contribution < 1.29 is 23.3 Å². The minimum absolute atomic E-state index is 0.875. The van der Waals surface area contributed by atoms with Gasteiger partial charge in [-0.15, -0.1) is 0 Å². The molecule has 2 heteroatoms. The molecule has 42 valence electrons. The van der Waals surface area contributed by atoms with Crippen LogP contribution in [-0.4, -0.2) is 0 Å². The predicted octanol–water partition coefficient (Wildman–Crippen LogP) is 2.75. The van der Waals surface area contributed by atoms with Gasteiger partial charge in [-0.05, 0) is 0 Å². The molecule has 1 atom stereocenters. The van der Waals surface area contributed by atoms with Gasteiger partial charge in [-0.3, -0.25) is 0 Å². The summed E-state index contributed by atoms with van der Waals surface area (Å²) in [6.45, 7) is 0. The van der Waals surface area contributed by atoms with E-state index in [1.807, 2.05) is 0 Å². The van der Waals surface area contributed by atoms with Crippen molar-refractivity contribution in [1.29, 1.82) is 0 Å². The fraction of sp³-hybridized carbons (Fsp3) is 0.667. The molecule has 0 saturated heterocycles. The third-order valence-corrected chi connectivity index (χ3v) is 9.22. The van der Waals surface area contributed by atoms with Gasteiger partial charge < -0.3 is 0 Å². The fourth-order valence-corrected chi connectivity index (χ4v) is 6.14. The topological polar surface area (TPSA) is 0 Å². The number of hydrogen-bond donors (Lipinski definition) is 0. The summed E-state index contributed by atoms with van der Waals surface area (Å²) in [5.41, 5.74) is 0. The summed E-state index contributed by atoms with van der Waals surface area (Å²) in [5.74, 6) is 0. The molecule has 0 aromatic rings. The average molecular weight is 317 g/mol. The van der Waals surface area contributed by atoms with Crippen molar-refractivity contribution in [3.05, 3.63) is 12.2 Å². The first kappa shape index (κ1) is 7.08. The SMILES string of the molecule is [Cl][Hg][CH]1C=CCCC1. The Labute approximate surface area is 66.2 Å². The molecule has 0 aliphatic heterocycles. The van der Waals surface area contributed by atoms with Crippen LogP contribution in [0.4, 0.5) is 0 Å². The van der Waals surface area contributed by atoms with Gasteiger partial charge >= 0.3 is 66.4 Å². The van der Waals surface area contributed by atoms with Gasteiger partial charge in [0.15, 0.2) is 0 Å². The molecule has 0 heterocycles. The molecule has 1 aliphatic carbocycles. The van der Waals surface area contributed by atoms with Crippen LogP contribution in [0.15, 0.2) is 12.2 Å². The second-order valence-electron chi connectivity index (χ2n) is 2.27. The van der Waals surface area contributed by atoms with Crippen molar-refractivity contribution in [1.82, 2.24) is 0 Å². The van der Waals surface area contributed by atoms with Crippen LogP contribution in [0.3, 0.4) is 0 Å². The summed E-state index contributed by atoms with van der Waals surface area (Å²) in [6, 6.07) is 0. The zero-order valence-corrected chi connectivity index (χ0v) is 11.2. The zero-order chi connectivity index (χ0) is 5.82. The van der Waals surface area contributed by atoms with E-state index in [9.17, 15) is 0 Å². The molecule has 0 bridgehead atoms. The molecule has 0 N–H and O–H groups in total. The Hall–Kier alpha value is 0.965. The minimum atomic E-state index is -0.875. The molecule has 8 heavy (non-hydrogen) atoms. The maximum atomic E-state index is 5.85. The van der Waals surface area contributed by atoms with E-state index in [0.29, 0.717) is 0 Å². The summed E-state index contributed by atoms with van der Waals surface area (Å²) in [4.78, 5) is 0. The maximum absolute atomic E-state index is 5.85. The van der Waals surface area contributed by atoms with E-state index < -0.39 is 23.3 Å². The second kappa shape index (κ2) is 3.89. The van der Waals surface area contributed by atoms with Gasteiger partial charge in [-0.25, -0.2) is 0 Å². The van der Waals surface area contributed by atoms with E-state index in [4.69, 9.17) is 8.25 Å². The molecule has 0 radical (unpaired) electrons. The first-order valence-electron chi connectivity index (χ1n) is 3.16. The molecule has 1 rings (SSSR count). The summed E-state index contributed by atoms with van der Waals surface area (Å²) < 4.78 is 0.894. The van der Waals surface area contributed by atoms with E-state index in [2.05, 4.69) is 12.2 Å². The molecular formula is C6H9ClHg. The normalized spacial score (nSPS) is 27.4. The van der Waals surface area contributed by atoms with Gasteiger partial charge in [0.2, 0.25) is 0 Å². The first-order chi connectivity index (χ1) is 3.93. The zero-order valence-electron chi connectivity index (χ0n) is 4.94. The van der Waals surface area contributed by atoms with Crippen LogP contribution in [0.1, 0.15) is 19.3 Å². The van der Waals surface area contributed by atoms with Crippen LogP contribution in [0.2, 0.25) is 3.43 Å². The van der Waals surface area contributed by atoms with Crippen LogP contribution < -0.4 is 0 Å². The summed E-state index contributed by atoms with van der Waals surface area (Å²) in [5, 5.41) is 0. The number of hydrogen-bond acceptors (Lipinski definition) is 0. The van der Waals surface area contributed by atoms with E-state index in [1.165, 1.54) is 19.3 Å². The summed E-state index contributed by atoms with van der Waals surface area (Å²) in [7, 11) is 5.85. The Balaban J connectivity index is 2.32. The van der Waals surface area contributed by atoms with Crippen LogP contribution in [0.25, 0.3) is 0 Å². The Morgan fingerprint density at radius 2 is 2.50 bits per heavy atom. The number of allylic oxidation sites excluding steroid dienone is 2. The van der Waals surface area contributed by atoms with Crippen LogP contribution in [0, 0.1) is 0 Å².